The molecular formula is C110H66N10. The molecule has 6 heterocycles. The molecule has 0 fully saturated rings. The maximum Gasteiger partial charge on any atom is 0.188 e. The fraction of sp³-hybridized carbons (Fsp3) is 0. The number of aromatic nitrogens is 7. The van der Waals surface area contributed by atoms with Gasteiger partial charge in [0.15, 0.2) is 11.5 Å². The predicted molar refractivity (Wildman–Crippen MR) is 491 cm³/mol. The summed E-state index contributed by atoms with van der Waals surface area (Å²) in [6.07, 6.45) is 5.37. The molecular weight excluding hydrogens is 1460 g/mol. The SMILES string of the molecule is N#Cc1cc(-c2ccc(-c3cc(-c4ccccn4)nc(-c4ccccn4)c3)cc2)cc(-c2cc3ccccc3c3ccccc23)c1.N#Cc1cc(-c2nc(-c3ccccc3)c3ccccc3n2)cc(-c2cc3ccccc3c3ccccc23)c1.[C-]#[N+]c1cc(-c2ccc3ccc4cccnc4c3n2)cc(-c2cc3ccccc3c3ccccc23)c1. The van der Waals surface area contributed by atoms with Crippen molar-refractivity contribution in [3.8, 4) is 124 Å². The number of pyridine rings is 5. The molecule has 0 spiro atoms. The summed E-state index contributed by atoms with van der Waals surface area (Å²) in [5, 5.41) is 37.4. The van der Waals surface area contributed by atoms with Crippen LogP contribution in [0, 0.1) is 29.2 Å². The summed E-state index contributed by atoms with van der Waals surface area (Å²) < 4.78 is 0. The molecule has 556 valence electrons. The van der Waals surface area contributed by atoms with Gasteiger partial charge in [0.1, 0.15) is 0 Å². The topological polar surface area (TPSA) is 142 Å². The Kier molecular flexibility index (Phi) is 18.9. The molecule has 10 nitrogen and oxygen atoms in total. The van der Waals surface area contributed by atoms with Gasteiger partial charge in [0.05, 0.1) is 80.6 Å². The van der Waals surface area contributed by atoms with Gasteiger partial charge in [-0.1, -0.05) is 255 Å². The molecule has 16 aromatic carbocycles. The summed E-state index contributed by atoms with van der Waals surface area (Å²) in [5.41, 5.74) is 22.5. The van der Waals surface area contributed by atoms with E-state index in [1.165, 1.54) is 59.2 Å². The third kappa shape index (κ3) is 14.0. The quantitative estimate of drug-likeness (QED) is 0.0966. The van der Waals surface area contributed by atoms with Crippen molar-refractivity contribution in [1.29, 1.82) is 10.5 Å². The normalized spacial score (nSPS) is 11.1. The van der Waals surface area contributed by atoms with E-state index in [0.29, 0.717) is 22.6 Å². The number of para-hydroxylation sites is 1. The average molecular weight is 1530 g/mol. The molecule has 0 unspecified atom stereocenters. The molecule has 0 bridgehead atoms. The number of hydrogen-bond acceptors (Lipinski definition) is 9. The van der Waals surface area contributed by atoms with Crippen molar-refractivity contribution in [3.63, 3.8) is 0 Å². The van der Waals surface area contributed by atoms with E-state index in [0.717, 1.165) is 145 Å². The van der Waals surface area contributed by atoms with Gasteiger partial charge in [0.2, 0.25) is 0 Å². The van der Waals surface area contributed by atoms with E-state index in [4.69, 9.17) is 26.5 Å². The standard InChI is InChI=1S/C42H26N4.C35H21N3.C33H19N3/c43-27-28-21-32(23-34(22-28)38-24-31-9-1-2-10-35(31)36-11-3-4-12-37(36)38)29-15-17-30(18-16-29)33-25-41(39-13-5-7-19-44-39)46-42(26-33)40-14-6-8-20-45-40;36-22-23-18-26(32-21-25-12-4-5-13-28(25)29-14-6-7-15-30(29)32)20-27(19-23)35-37-33-17-9-8-16-31(33)34(38-35)24-10-2-1-3-11-24;1-34-26-18-24(30-20-23-7-2-3-9-27(23)28-10-4-5-11-29(28)30)17-25(19-26)31-15-14-22-13-12-21-8-6-16-35-32(21)33(22)36-31/h1-26H;1-21H;2-20H. The highest BCUT2D eigenvalue weighted by atomic mass is 14.9. The zero-order valence-electron chi connectivity index (χ0n) is 64.6. The molecule has 6 aromatic heterocycles. The predicted octanol–water partition coefficient (Wildman–Crippen LogP) is 28.2. The van der Waals surface area contributed by atoms with Crippen LogP contribution in [0.15, 0.2) is 401 Å². The lowest BCUT2D eigenvalue weighted by Crippen LogP contribution is -1.96. The van der Waals surface area contributed by atoms with Crippen molar-refractivity contribution >= 4 is 103 Å². The molecule has 0 amide bonds. The van der Waals surface area contributed by atoms with E-state index >= 15 is 0 Å². The number of fused-ring (bicyclic) bond motifs is 13. The Bertz CT molecular complexity index is 7890. The van der Waals surface area contributed by atoms with Crippen molar-refractivity contribution in [3.05, 3.63) is 423 Å². The molecule has 22 rings (SSSR count). The smallest absolute Gasteiger partial charge is 0.188 e. The summed E-state index contributed by atoms with van der Waals surface area (Å²) in [6.45, 7) is 7.79. The first kappa shape index (κ1) is 72.1. The number of nitrogens with zero attached hydrogens (tertiary/aromatic N) is 10. The van der Waals surface area contributed by atoms with Crippen LogP contribution in [0.4, 0.5) is 5.69 Å². The maximum absolute atomic E-state index is 10.0. The molecule has 0 atom stereocenters. The molecule has 0 aliphatic carbocycles. The van der Waals surface area contributed by atoms with Crippen LogP contribution < -0.4 is 0 Å². The van der Waals surface area contributed by atoms with E-state index in [9.17, 15) is 10.5 Å². The van der Waals surface area contributed by atoms with Gasteiger partial charge in [-0.25, -0.2) is 24.8 Å². The molecule has 0 aliphatic heterocycles. The molecule has 0 radical (unpaired) electrons. The van der Waals surface area contributed by atoms with Crippen LogP contribution >= 0.6 is 0 Å². The van der Waals surface area contributed by atoms with Gasteiger partial charge in [0, 0.05) is 45.9 Å². The van der Waals surface area contributed by atoms with Crippen LogP contribution in [0.5, 0.6) is 0 Å². The van der Waals surface area contributed by atoms with E-state index in [2.05, 4.69) is 293 Å². The van der Waals surface area contributed by atoms with Crippen molar-refractivity contribution < 1.29 is 0 Å². The molecule has 0 N–H and O–H groups in total. The second-order valence-electron chi connectivity index (χ2n) is 29.6. The van der Waals surface area contributed by atoms with E-state index in [-0.39, 0.29) is 0 Å². The number of benzene rings is 16. The maximum atomic E-state index is 10.0. The van der Waals surface area contributed by atoms with E-state index in [1.807, 2.05) is 121 Å². The minimum Gasteiger partial charge on any atom is -0.255 e. The first-order valence-corrected chi connectivity index (χ1v) is 39.6. The number of rotatable bonds is 10. The van der Waals surface area contributed by atoms with Crippen LogP contribution in [0.25, 0.3) is 215 Å². The molecule has 0 saturated carbocycles. The summed E-state index contributed by atoms with van der Waals surface area (Å²) in [7, 11) is 0. The lowest BCUT2D eigenvalue weighted by atomic mass is 9.90. The van der Waals surface area contributed by atoms with Crippen molar-refractivity contribution in [1.82, 2.24) is 34.9 Å². The van der Waals surface area contributed by atoms with Gasteiger partial charge < -0.3 is 0 Å². The van der Waals surface area contributed by atoms with Gasteiger partial charge in [0.25, 0.3) is 0 Å². The van der Waals surface area contributed by atoms with Crippen LogP contribution in [-0.2, 0) is 0 Å². The molecule has 10 heteroatoms. The Morgan fingerprint density at radius 2 is 0.642 bits per heavy atom. The molecule has 120 heavy (non-hydrogen) atoms. The lowest BCUT2D eigenvalue weighted by Gasteiger charge is -2.13. The van der Waals surface area contributed by atoms with Gasteiger partial charge >= 0.3 is 0 Å². The van der Waals surface area contributed by atoms with Crippen LogP contribution in [0.1, 0.15) is 11.1 Å². The van der Waals surface area contributed by atoms with Crippen molar-refractivity contribution in [2.45, 2.75) is 0 Å². The Morgan fingerprint density at radius 1 is 0.233 bits per heavy atom. The summed E-state index contributed by atoms with van der Waals surface area (Å²) in [5.74, 6) is 0.603. The number of hydrogen-bond donors (Lipinski definition) is 0. The van der Waals surface area contributed by atoms with Gasteiger partial charge in [-0.15, -0.1) is 0 Å². The van der Waals surface area contributed by atoms with Crippen molar-refractivity contribution in [2.75, 3.05) is 0 Å². The highest BCUT2D eigenvalue weighted by Crippen LogP contribution is 2.43. The second-order valence-corrected chi connectivity index (χ2v) is 29.6. The fourth-order valence-electron chi connectivity index (χ4n) is 16.6. The minimum absolute atomic E-state index is 0.577. The Morgan fingerprint density at radius 3 is 1.17 bits per heavy atom. The Hall–Kier alpha value is -16.8. The zero-order valence-corrected chi connectivity index (χ0v) is 64.6. The third-order valence-corrected chi connectivity index (χ3v) is 22.3. The summed E-state index contributed by atoms with van der Waals surface area (Å²) >= 11 is 0. The van der Waals surface area contributed by atoms with Gasteiger partial charge in [-0.2, -0.15) is 10.5 Å². The van der Waals surface area contributed by atoms with Crippen molar-refractivity contribution in [2.24, 2.45) is 0 Å². The minimum atomic E-state index is 0.577. The van der Waals surface area contributed by atoms with Crippen LogP contribution in [0.2, 0.25) is 0 Å². The van der Waals surface area contributed by atoms with E-state index in [1.54, 1.807) is 18.6 Å². The number of nitriles is 2. The second kappa shape index (κ2) is 31.5. The van der Waals surface area contributed by atoms with Gasteiger partial charge in [-0.3, -0.25) is 15.0 Å². The largest absolute Gasteiger partial charge is 0.255 e. The lowest BCUT2D eigenvalue weighted by molar-refractivity contribution is 1.22. The molecule has 0 aliphatic rings. The molecule has 22 aromatic rings. The monoisotopic (exact) mass is 1530 g/mol. The Labute approximate surface area is 691 Å². The zero-order chi connectivity index (χ0) is 80.4. The third-order valence-electron chi connectivity index (χ3n) is 22.3. The van der Waals surface area contributed by atoms with Crippen LogP contribution in [-0.4, -0.2) is 34.9 Å². The summed E-state index contributed by atoms with van der Waals surface area (Å²) in [4.78, 5) is 37.4. The van der Waals surface area contributed by atoms with E-state index < -0.39 is 0 Å². The average Bonchev–Trinajstić information content (AvgIpc) is 0.761. The highest BCUT2D eigenvalue weighted by molar-refractivity contribution is 6.17. The Balaban J connectivity index is 0.000000116. The van der Waals surface area contributed by atoms with Gasteiger partial charge in [-0.05, 0) is 253 Å². The molecule has 0 saturated heterocycles. The highest BCUT2D eigenvalue weighted by Gasteiger charge is 2.20. The van der Waals surface area contributed by atoms with Crippen LogP contribution in [0.3, 0.4) is 0 Å². The first-order valence-electron chi connectivity index (χ1n) is 39.6. The summed E-state index contributed by atoms with van der Waals surface area (Å²) in [6, 6.07) is 135. The first-order chi connectivity index (χ1) is 59.3. The fourth-order valence-corrected chi connectivity index (χ4v) is 16.6.